The van der Waals surface area contributed by atoms with Gasteiger partial charge in [0.15, 0.2) is 0 Å². The third kappa shape index (κ3) is 4.71. The minimum absolute atomic E-state index is 0.148. The van der Waals surface area contributed by atoms with Gasteiger partial charge in [0, 0.05) is 50.2 Å². The van der Waals surface area contributed by atoms with Crippen molar-refractivity contribution in [3.63, 3.8) is 0 Å². The Morgan fingerprint density at radius 2 is 1.66 bits per heavy atom. The molecule has 0 aliphatic carbocycles. The first kappa shape index (κ1) is 21.3. The second-order valence-corrected chi connectivity index (χ2v) is 10.7. The van der Waals surface area contributed by atoms with Gasteiger partial charge in [-0.2, -0.15) is 0 Å². The van der Waals surface area contributed by atoms with Crippen molar-refractivity contribution in [2.24, 2.45) is 0 Å². The molecule has 3 heterocycles. The topological polar surface area (TPSA) is 30.0 Å². The molecule has 3 unspecified atom stereocenters. The van der Waals surface area contributed by atoms with E-state index in [1.165, 1.54) is 44.6 Å². The standard InChI is InChI=1S/C25H41N3O/c1-23(22-8-5-4-6-9-22)11-12-24(2)20-25(29,13-15-28(24)21-23)10-7-14-27-18-16-26(3)17-19-27/h4-6,8-9,29H,7,10-21H2,1-3H3. The number of hydrogen-bond donors (Lipinski definition) is 1. The molecule has 4 heteroatoms. The minimum Gasteiger partial charge on any atom is -0.390 e. The summed E-state index contributed by atoms with van der Waals surface area (Å²) in [4.78, 5) is 7.68. The minimum atomic E-state index is -0.474. The van der Waals surface area contributed by atoms with E-state index in [1.807, 2.05) is 0 Å². The van der Waals surface area contributed by atoms with Crippen LogP contribution in [0.5, 0.6) is 0 Å². The fourth-order valence-electron chi connectivity index (χ4n) is 6.08. The van der Waals surface area contributed by atoms with Gasteiger partial charge in [-0.1, -0.05) is 37.3 Å². The maximum Gasteiger partial charge on any atom is 0.0678 e. The Hall–Kier alpha value is -0.940. The molecule has 3 aliphatic rings. The van der Waals surface area contributed by atoms with Gasteiger partial charge in [0.25, 0.3) is 0 Å². The molecular weight excluding hydrogens is 358 g/mol. The number of benzene rings is 1. The number of likely N-dealkylation sites (N-methyl/N-ethyl adjacent to an activating group) is 1. The summed E-state index contributed by atoms with van der Waals surface area (Å²) in [5.41, 5.74) is 1.38. The molecule has 0 aromatic heterocycles. The van der Waals surface area contributed by atoms with Gasteiger partial charge in [-0.05, 0) is 64.6 Å². The van der Waals surface area contributed by atoms with Crippen LogP contribution < -0.4 is 0 Å². The van der Waals surface area contributed by atoms with E-state index in [0.717, 1.165) is 45.3 Å². The van der Waals surface area contributed by atoms with E-state index in [9.17, 15) is 5.11 Å². The number of fused-ring (bicyclic) bond motifs is 1. The van der Waals surface area contributed by atoms with Crippen molar-refractivity contribution in [3.05, 3.63) is 35.9 Å². The molecule has 3 atom stereocenters. The zero-order chi connectivity index (χ0) is 20.5. The maximum absolute atomic E-state index is 11.4. The Morgan fingerprint density at radius 1 is 0.931 bits per heavy atom. The third-order valence-electron chi connectivity index (χ3n) is 8.26. The van der Waals surface area contributed by atoms with Gasteiger partial charge in [-0.15, -0.1) is 0 Å². The van der Waals surface area contributed by atoms with Crippen molar-refractivity contribution in [2.75, 3.05) is 52.9 Å². The molecule has 162 valence electrons. The molecule has 1 N–H and O–H groups in total. The Labute approximate surface area is 177 Å². The number of piperazine rings is 1. The molecule has 0 saturated carbocycles. The largest absolute Gasteiger partial charge is 0.390 e. The first-order chi connectivity index (χ1) is 13.8. The van der Waals surface area contributed by atoms with Crippen LogP contribution in [-0.4, -0.2) is 83.8 Å². The lowest BCUT2D eigenvalue weighted by Crippen LogP contribution is -2.63. The van der Waals surface area contributed by atoms with Crippen LogP contribution >= 0.6 is 0 Å². The molecule has 4 rings (SSSR count). The molecule has 3 fully saturated rings. The molecule has 1 aromatic carbocycles. The van der Waals surface area contributed by atoms with E-state index in [2.05, 4.69) is 65.9 Å². The highest BCUT2D eigenvalue weighted by Crippen LogP contribution is 2.47. The van der Waals surface area contributed by atoms with Gasteiger partial charge >= 0.3 is 0 Å². The molecule has 0 amide bonds. The van der Waals surface area contributed by atoms with Gasteiger partial charge < -0.3 is 14.9 Å². The highest BCUT2D eigenvalue weighted by molar-refractivity contribution is 5.27. The maximum atomic E-state index is 11.4. The van der Waals surface area contributed by atoms with Gasteiger partial charge in [0.1, 0.15) is 0 Å². The van der Waals surface area contributed by atoms with Crippen molar-refractivity contribution < 1.29 is 5.11 Å². The van der Waals surface area contributed by atoms with Gasteiger partial charge in [0.2, 0.25) is 0 Å². The summed E-state index contributed by atoms with van der Waals surface area (Å²) in [7, 11) is 2.21. The summed E-state index contributed by atoms with van der Waals surface area (Å²) in [6.45, 7) is 12.8. The SMILES string of the molecule is CN1CCN(CCCC2(O)CCN3CC(C)(c4ccccc4)CCC3(C)C2)CC1. The summed E-state index contributed by atoms with van der Waals surface area (Å²) in [5, 5.41) is 11.4. The van der Waals surface area contributed by atoms with Gasteiger partial charge in [-0.25, -0.2) is 0 Å². The first-order valence-electron chi connectivity index (χ1n) is 11.7. The summed E-state index contributed by atoms with van der Waals surface area (Å²) >= 11 is 0. The second kappa shape index (κ2) is 8.30. The van der Waals surface area contributed by atoms with Gasteiger partial charge in [0.05, 0.1) is 5.60 Å². The molecule has 3 aliphatic heterocycles. The number of hydrogen-bond acceptors (Lipinski definition) is 4. The molecule has 0 radical (unpaired) electrons. The summed E-state index contributed by atoms with van der Waals surface area (Å²) < 4.78 is 0. The fraction of sp³-hybridized carbons (Fsp3) is 0.760. The van der Waals surface area contributed by atoms with Crippen molar-refractivity contribution >= 4 is 0 Å². The number of piperidine rings is 2. The lowest BCUT2D eigenvalue weighted by Gasteiger charge is -2.57. The van der Waals surface area contributed by atoms with Crippen LogP contribution in [0.4, 0.5) is 0 Å². The predicted molar refractivity (Wildman–Crippen MR) is 120 cm³/mol. The summed E-state index contributed by atoms with van der Waals surface area (Å²) in [6, 6.07) is 11.0. The average Bonchev–Trinajstić information content (AvgIpc) is 2.71. The number of nitrogens with zero attached hydrogens (tertiary/aromatic N) is 3. The van der Waals surface area contributed by atoms with E-state index < -0.39 is 5.60 Å². The number of aliphatic hydroxyl groups is 1. The molecular formula is C25H41N3O. The van der Waals surface area contributed by atoms with Crippen LogP contribution in [0.3, 0.4) is 0 Å². The number of rotatable bonds is 5. The fourth-order valence-corrected chi connectivity index (χ4v) is 6.08. The van der Waals surface area contributed by atoms with E-state index in [4.69, 9.17) is 0 Å². The molecule has 0 spiro atoms. The molecule has 29 heavy (non-hydrogen) atoms. The van der Waals surface area contributed by atoms with Gasteiger partial charge in [-0.3, -0.25) is 4.90 Å². The van der Waals surface area contributed by atoms with Crippen molar-refractivity contribution in [1.82, 2.24) is 14.7 Å². The quantitative estimate of drug-likeness (QED) is 0.822. The van der Waals surface area contributed by atoms with Crippen molar-refractivity contribution in [3.8, 4) is 0 Å². The van der Waals surface area contributed by atoms with E-state index in [0.29, 0.717) is 0 Å². The van der Waals surface area contributed by atoms with Crippen molar-refractivity contribution in [1.29, 1.82) is 0 Å². The summed E-state index contributed by atoms with van der Waals surface area (Å²) in [5.74, 6) is 0. The van der Waals surface area contributed by atoms with Crippen molar-refractivity contribution in [2.45, 2.75) is 68.9 Å². The van der Waals surface area contributed by atoms with Crippen LogP contribution in [0.1, 0.15) is 57.9 Å². The van der Waals surface area contributed by atoms with E-state index >= 15 is 0 Å². The Balaban J connectivity index is 1.32. The zero-order valence-electron chi connectivity index (χ0n) is 18.9. The van der Waals surface area contributed by atoms with Crippen LogP contribution in [0.25, 0.3) is 0 Å². The second-order valence-electron chi connectivity index (χ2n) is 10.7. The normalized spacial score (nSPS) is 37.4. The zero-order valence-corrected chi connectivity index (χ0v) is 18.9. The Bertz CT molecular complexity index is 674. The predicted octanol–water partition coefficient (Wildman–Crippen LogP) is 3.35. The molecule has 0 bridgehead atoms. The Morgan fingerprint density at radius 3 is 2.38 bits per heavy atom. The van der Waals surface area contributed by atoms with Crippen LogP contribution in [0.15, 0.2) is 30.3 Å². The lowest BCUT2D eigenvalue weighted by atomic mass is 9.65. The highest BCUT2D eigenvalue weighted by Gasteiger charge is 2.50. The highest BCUT2D eigenvalue weighted by atomic mass is 16.3. The first-order valence-corrected chi connectivity index (χ1v) is 11.7. The lowest BCUT2D eigenvalue weighted by molar-refractivity contribution is -0.111. The molecule has 4 nitrogen and oxygen atoms in total. The van der Waals surface area contributed by atoms with Crippen LogP contribution in [0.2, 0.25) is 0 Å². The van der Waals surface area contributed by atoms with E-state index in [1.54, 1.807) is 0 Å². The third-order valence-corrected chi connectivity index (χ3v) is 8.26. The Kier molecular flexibility index (Phi) is 6.09. The molecule has 3 saturated heterocycles. The van der Waals surface area contributed by atoms with Crippen LogP contribution in [-0.2, 0) is 5.41 Å². The summed E-state index contributed by atoms with van der Waals surface area (Å²) in [6.07, 6.45) is 6.33. The van der Waals surface area contributed by atoms with Crippen LogP contribution in [0, 0.1) is 0 Å². The average molecular weight is 400 g/mol. The smallest absolute Gasteiger partial charge is 0.0678 e. The monoisotopic (exact) mass is 399 g/mol. The molecule has 1 aromatic rings. The van der Waals surface area contributed by atoms with E-state index in [-0.39, 0.29) is 11.0 Å².